The van der Waals surface area contributed by atoms with Crippen molar-refractivity contribution in [1.29, 1.82) is 0 Å². The molecule has 0 aromatic heterocycles. The van der Waals surface area contributed by atoms with Gasteiger partial charge in [-0.2, -0.15) is 0 Å². The molecular weight excluding hydrogens is 618 g/mol. The highest BCUT2D eigenvalue weighted by atomic mass is 16.3. The number of allylic oxidation sites excluding steroid dienone is 3. The number of carbonyl (C=O) groups excluding carboxylic acids is 1. The van der Waals surface area contributed by atoms with Gasteiger partial charge < -0.3 is 20.6 Å². The Balaban J connectivity index is 3.54. The van der Waals surface area contributed by atoms with E-state index >= 15 is 0 Å². The maximum atomic E-state index is 12.4. The summed E-state index contributed by atoms with van der Waals surface area (Å²) in [6.07, 6.45) is 49.1. The zero-order chi connectivity index (χ0) is 36.6. The number of hydrogen-bond acceptors (Lipinski definition) is 4. The van der Waals surface area contributed by atoms with Gasteiger partial charge in [0.15, 0.2) is 0 Å². The lowest BCUT2D eigenvalue weighted by atomic mass is 10.0. The molecule has 296 valence electrons. The van der Waals surface area contributed by atoms with Crippen molar-refractivity contribution < 1.29 is 20.1 Å². The van der Waals surface area contributed by atoms with Crippen LogP contribution in [0, 0.1) is 0 Å². The summed E-state index contributed by atoms with van der Waals surface area (Å²) >= 11 is 0. The van der Waals surface area contributed by atoms with Gasteiger partial charge in [0.1, 0.15) is 0 Å². The van der Waals surface area contributed by atoms with Crippen molar-refractivity contribution in [2.24, 2.45) is 0 Å². The highest BCUT2D eigenvalue weighted by Crippen LogP contribution is 2.16. The highest BCUT2D eigenvalue weighted by Gasteiger charge is 2.20. The molecule has 0 saturated carbocycles. The minimum absolute atomic E-state index is 0.00931. The van der Waals surface area contributed by atoms with Crippen LogP contribution in [-0.4, -0.2) is 46.1 Å². The maximum Gasteiger partial charge on any atom is 0.222 e. The molecule has 0 fully saturated rings. The fourth-order valence-corrected chi connectivity index (χ4v) is 6.83. The average Bonchev–Trinajstić information content (AvgIpc) is 3.11. The summed E-state index contributed by atoms with van der Waals surface area (Å²) < 4.78 is 0. The third-order valence-corrected chi connectivity index (χ3v) is 10.2. The van der Waals surface area contributed by atoms with Gasteiger partial charge in [0.2, 0.25) is 5.91 Å². The van der Waals surface area contributed by atoms with Crippen LogP contribution in [0.5, 0.6) is 0 Å². The molecule has 1 amide bonds. The fraction of sp³-hybridized carbons (Fsp3) is 0.889. The largest absolute Gasteiger partial charge is 0.394 e. The summed E-state index contributed by atoms with van der Waals surface area (Å²) in [5.41, 5.74) is 0. The monoisotopic (exact) mass is 706 g/mol. The number of unbranched alkanes of at least 4 members (excludes halogenated alkanes) is 29. The Labute approximate surface area is 312 Å². The van der Waals surface area contributed by atoms with E-state index in [1.54, 1.807) is 6.08 Å². The van der Waals surface area contributed by atoms with Crippen LogP contribution in [0.25, 0.3) is 0 Å². The summed E-state index contributed by atoms with van der Waals surface area (Å²) in [4.78, 5) is 12.4. The zero-order valence-corrected chi connectivity index (χ0v) is 33.5. The van der Waals surface area contributed by atoms with Crippen LogP contribution in [0.15, 0.2) is 24.3 Å². The molecule has 50 heavy (non-hydrogen) atoms. The summed E-state index contributed by atoms with van der Waals surface area (Å²) in [5, 5.41) is 33.1. The number of aliphatic hydroxyl groups is 3. The van der Waals surface area contributed by atoms with Crippen LogP contribution < -0.4 is 5.32 Å². The van der Waals surface area contributed by atoms with Gasteiger partial charge in [-0.1, -0.05) is 218 Å². The first-order valence-electron chi connectivity index (χ1n) is 22.1. The van der Waals surface area contributed by atoms with E-state index in [0.29, 0.717) is 6.42 Å². The Bertz CT molecular complexity index is 739. The molecular formula is C45H87NO4. The van der Waals surface area contributed by atoms with Gasteiger partial charge in [0, 0.05) is 0 Å². The second-order valence-electron chi connectivity index (χ2n) is 15.3. The Morgan fingerprint density at radius 1 is 0.500 bits per heavy atom. The molecule has 0 bridgehead atoms. The molecule has 0 aliphatic rings. The predicted molar refractivity (Wildman–Crippen MR) is 218 cm³/mol. The van der Waals surface area contributed by atoms with Gasteiger partial charge in [-0.05, 0) is 32.1 Å². The van der Waals surface area contributed by atoms with Crippen molar-refractivity contribution in [2.75, 3.05) is 6.61 Å². The van der Waals surface area contributed by atoms with Gasteiger partial charge >= 0.3 is 0 Å². The van der Waals surface area contributed by atoms with Crippen LogP contribution in [0.1, 0.15) is 232 Å². The lowest BCUT2D eigenvalue weighted by Crippen LogP contribution is -2.45. The molecule has 3 unspecified atom stereocenters. The lowest BCUT2D eigenvalue weighted by molar-refractivity contribution is -0.124. The van der Waals surface area contributed by atoms with Gasteiger partial charge in [0.05, 0.1) is 31.3 Å². The van der Waals surface area contributed by atoms with E-state index in [9.17, 15) is 20.1 Å². The van der Waals surface area contributed by atoms with Crippen molar-refractivity contribution >= 4 is 5.91 Å². The van der Waals surface area contributed by atoms with E-state index in [2.05, 4.69) is 31.3 Å². The minimum atomic E-state index is -0.946. The average molecular weight is 706 g/mol. The van der Waals surface area contributed by atoms with Crippen LogP contribution >= 0.6 is 0 Å². The SMILES string of the molecule is CCCCCC/C=C/CC/C=C/C(O)C(CO)NC(=O)CC(O)CCCCCCCCCCCCCCCCCCCCCCCCCCC. The van der Waals surface area contributed by atoms with E-state index in [0.717, 1.165) is 32.1 Å². The van der Waals surface area contributed by atoms with Crippen molar-refractivity contribution in [2.45, 2.75) is 250 Å². The molecule has 0 aromatic carbocycles. The summed E-state index contributed by atoms with van der Waals surface area (Å²) in [5.74, 6) is -0.324. The maximum absolute atomic E-state index is 12.4. The van der Waals surface area contributed by atoms with Crippen LogP contribution in [-0.2, 0) is 4.79 Å². The second kappa shape index (κ2) is 40.6. The molecule has 0 aliphatic heterocycles. The number of carbonyl (C=O) groups is 1. The summed E-state index contributed by atoms with van der Waals surface area (Å²) in [6.45, 7) is 4.17. The van der Waals surface area contributed by atoms with Gasteiger partial charge in [-0.3, -0.25) is 4.79 Å². The summed E-state index contributed by atoms with van der Waals surface area (Å²) in [6, 6.07) is -0.756. The molecule has 5 nitrogen and oxygen atoms in total. The van der Waals surface area contributed by atoms with Gasteiger partial charge in [-0.15, -0.1) is 0 Å². The molecule has 0 saturated heterocycles. The smallest absolute Gasteiger partial charge is 0.222 e. The number of nitrogens with one attached hydrogen (secondary N) is 1. The van der Waals surface area contributed by atoms with E-state index in [1.165, 1.54) is 173 Å². The number of rotatable bonds is 40. The molecule has 3 atom stereocenters. The molecule has 0 heterocycles. The molecule has 0 spiro atoms. The molecule has 0 aliphatic carbocycles. The third-order valence-electron chi connectivity index (χ3n) is 10.2. The van der Waals surface area contributed by atoms with E-state index in [4.69, 9.17) is 0 Å². The first-order valence-corrected chi connectivity index (χ1v) is 22.1. The van der Waals surface area contributed by atoms with Crippen molar-refractivity contribution in [1.82, 2.24) is 5.32 Å². The quantitative estimate of drug-likeness (QED) is 0.0377. The first kappa shape index (κ1) is 48.8. The number of aliphatic hydroxyl groups excluding tert-OH is 3. The van der Waals surface area contributed by atoms with E-state index in [-0.39, 0.29) is 18.9 Å². The predicted octanol–water partition coefficient (Wildman–Crippen LogP) is 12.6. The zero-order valence-electron chi connectivity index (χ0n) is 33.5. The van der Waals surface area contributed by atoms with Crippen LogP contribution in [0.3, 0.4) is 0 Å². The molecule has 0 aromatic rings. The first-order chi connectivity index (χ1) is 24.5. The standard InChI is InChI=1S/C45H87NO4/c1-3-5-7-9-11-13-15-16-17-18-19-20-21-22-23-24-25-26-27-28-29-30-32-34-36-38-42(48)40-45(50)46-43(41-47)44(49)39-37-35-33-31-14-12-10-8-6-4-2/h14,31,37,39,42-44,47-49H,3-13,15-30,32-36,38,40-41H2,1-2H3,(H,46,50)/b31-14+,39-37+. The Morgan fingerprint density at radius 3 is 1.28 bits per heavy atom. The topological polar surface area (TPSA) is 89.8 Å². The minimum Gasteiger partial charge on any atom is -0.394 e. The Morgan fingerprint density at radius 2 is 0.860 bits per heavy atom. The Kier molecular flexibility index (Phi) is 39.6. The summed E-state index contributed by atoms with van der Waals surface area (Å²) in [7, 11) is 0. The normalized spacial score (nSPS) is 13.8. The molecule has 4 N–H and O–H groups in total. The number of hydrogen-bond donors (Lipinski definition) is 4. The second-order valence-corrected chi connectivity index (χ2v) is 15.3. The highest BCUT2D eigenvalue weighted by molar-refractivity contribution is 5.76. The molecule has 0 radical (unpaired) electrons. The van der Waals surface area contributed by atoms with Crippen molar-refractivity contribution in [3.63, 3.8) is 0 Å². The van der Waals surface area contributed by atoms with Gasteiger partial charge in [-0.25, -0.2) is 0 Å². The van der Waals surface area contributed by atoms with Crippen LogP contribution in [0.2, 0.25) is 0 Å². The van der Waals surface area contributed by atoms with Crippen molar-refractivity contribution in [3.8, 4) is 0 Å². The third kappa shape index (κ3) is 36.6. The Hall–Kier alpha value is -1.17. The lowest BCUT2D eigenvalue weighted by Gasteiger charge is -2.21. The molecule has 0 rings (SSSR count). The van der Waals surface area contributed by atoms with Crippen LogP contribution in [0.4, 0.5) is 0 Å². The van der Waals surface area contributed by atoms with Crippen molar-refractivity contribution in [3.05, 3.63) is 24.3 Å². The van der Waals surface area contributed by atoms with Gasteiger partial charge in [0.25, 0.3) is 0 Å². The molecule has 5 heteroatoms. The fourth-order valence-electron chi connectivity index (χ4n) is 6.83. The van der Waals surface area contributed by atoms with E-state index < -0.39 is 18.2 Å². The number of amides is 1. The van der Waals surface area contributed by atoms with E-state index in [1.807, 2.05) is 6.08 Å².